The Bertz CT molecular complexity index is 686. The molecular formula is C17H18N2O2S. The SMILES string of the molecule is C[C@@H](C#N)OC(=O)[C@H]1CCCC[C@@H]1c1nc2ccccc2s1. The van der Waals surface area contributed by atoms with Crippen molar-refractivity contribution in [3.8, 4) is 6.07 Å². The van der Waals surface area contributed by atoms with Gasteiger partial charge in [0.2, 0.25) is 0 Å². The number of nitriles is 1. The van der Waals surface area contributed by atoms with Gasteiger partial charge in [-0.05, 0) is 31.9 Å². The molecule has 114 valence electrons. The van der Waals surface area contributed by atoms with Crippen molar-refractivity contribution in [3.05, 3.63) is 29.3 Å². The molecular weight excluding hydrogens is 296 g/mol. The van der Waals surface area contributed by atoms with Crippen LogP contribution in [-0.4, -0.2) is 17.1 Å². The van der Waals surface area contributed by atoms with Crippen LogP contribution in [0.3, 0.4) is 0 Å². The van der Waals surface area contributed by atoms with Crippen LogP contribution in [0.4, 0.5) is 0 Å². The number of benzene rings is 1. The van der Waals surface area contributed by atoms with E-state index >= 15 is 0 Å². The first kappa shape index (κ1) is 15.0. The second kappa shape index (κ2) is 6.45. The zero-order chi connectivity index (χ0) is 15.5. The van der Waals surface area contributed by atoms with Gasteiger partial charge in [-0.3, -0.25) is 4.79 Å². The molecule has 1 aromatic carbocycles. The van der Waals surface area contributed by atoms with Gasteiger partial charge in [0.05, 0.1) is 21.1 Å². The maximum Gasteiger partial charge on any atom is 0.310 e. The van der Waals surface area contributed by atoms with Crippen LogP contribution in [0.1, 0.15) is 43.5 Å². The number of ether oxygens (including phenoxy) is 1. The van der Waals surface area contributed by atoms with Crippen LogP contribution in [0.2, 0.25) is 0 Å². The number of carbonyl (C=O) groups excluding carboxylic acids is 1. The number of esters is 1. The smallest absolute Gasteiger partial charge is 0.310 e. The highest BCUT2D eigenvalue weighted by molar-refractivity contribution is 7.18. The Labute approximate surface area is 133 Å². The molecule has 0 N–H and O–H groups in total. The summed E-state index contributed by atoms with van der Waals surface area (Å²) >= 11 is 1.67. The summed E-state index contributed by atoms with van der Waals surface area (Å²) in [5, 5.41) is 9.84. The number of thiazole rings is 1. The molecule has 0 unspecified atom stereocenters. The molecule has 1 saturated carbocycles. The van der Waals surface area contributed by atoms with Crippen LogP contribution in [0.25, 0.3) is 10.2 Å². The van der Waals surface area contributed by atoms with E-state index in [1.165, 1.54) is 0 Å². The van der Waals surface area contributed by atoms with Gasteiger partial charge in [-0.2, -0.15) is 5.26 Å². The van der Waals surface area contributed by atoms with Crippen LogP contribution in [0, 0.1) is 17.2 Å². The highest BCUT2D eigenvalue weighted by Crippen LogP contribution is 2.41. The summed E-state index contributed by atoms with van der Waals surface area (Å²) in [5.41, 5.74) is 0.991. The van der Waals surface area contributed by atoms with E-state index < -0.39 is 6.10 Å². The second-order valence-electron chi connectivity index (χ2n) is 5.73. The van der Waals surface area contributed by atoms with E-state index in [-0.39, 0.29) is 17.8 Å². The highest BCUT2D eigenvalue weighted by Gasteiger charge is 2.35. The van der Waals surface area contributed by atoms with Crippen molar-refractivity contribution < 1.29 is 9.53 Å². The first-order valence-electron chi connectivity index (χ1n) is 7.64. The molecule has 1 aliphatic carbocycles. The van der Waals surface area contributed by atoms with Gasteiger partial charge in [0.15, 0.2) is 6.10 Å². The molecule has 0 bridgehead atoms. The lowest BCUT2D eigenvalue weighted by atomic mass is 9.79. The summed E-state index contributed by atoms with van der Waals surface area (Å²) in [4.78, 5) is 17.1. The van der Waals surface area contributed by atoms with Gasteiger partial charge in [0.25, 0.3) is 0 Å². The molecule has 3 rings (SSSR count). The molecule has 0 amide bonds. The maximum atomic E-state index is 12.4. The zero-order valence-corrected chi connectivity index (χ0v) is 13.3. The average molecular weight is 314 g/mol. The molecule has 1 aromatic heterocycles. The predicted octanol–water partition coefficient (Wildman–Crippen LogP) is 4.03. The fraction of sp³-hybridized carbons (Fsp3) is 0.471. The molecule has 3 atom stereocenters. The number of nitrogens with zero attached hydrogens (tertiary/aromatic N) is 2. The zero-order valence-electron chi connectivity index (χ0n) is 12.5. The molecule has 2 aromatic rings. The molecule has 5 heteroatoms. The summed E-state index contributed by atoms with van der Waals surface area (Å²) in [5.74, 6) is -0.312. The van der Waals surface area contributed by atoms with E-state index in [4.69, 9.17) is 15.0 Å². The van der Waals surface area contributed by atoms with E-state index in [1.807, 2.05) is 24.3 Å². The van der Waals surface area contributed by atoms with Gasteiger partial charge < -0.3 is 4.74 Å². The van der Waals surface area contributed by atoms with Crippen LogP contribution in [-0.2, 0) is 9.53 Å². The minimum Gasteiger partial charge on any atom is -0.447 e. The first-order chi connectivity index (χ1) is 10.7. The topological polar surface area (TPSA) is 63.0 Å². The summed E-state index contributed by atoms with van der Waals surface area (Å²) in [6.07, 6.45) is 3.23. The normalized spacial score (nSPS) is 22.9. The lowest BCUT2D eigenvalue weighted by Gasteiger charge is -2.28. The van der Waals surface area contributed by atoms with Crippen LogP contribution >= 0.6 is 11.3 Å². The Morgan fingerprint density at radius 3 is 2.95 bits per heavy atom. The average Bonchev–Trinajstić information content (AvgIpc) is 2.98. The maximum absolute atomic E-state index is 12.4. The van der Waals surface area contributed by atoms with Crippen molar-refractivity contribution in [1.82, 2.24) is 4.98 Å². The number of aromatic nitrogens is 1. The van der Waals surface area contributed by atoms with Gasteiger partial charge in [-0.1, -0.05) is 25.0 Å². The fourth-order valence-corrected chi connectivity index (χ4v) is 4.21. The molecule has 4 nitrogen and oxygen atoms in total. The number of hydrogen-bond donors (Lipinski definition) is 0. The summed E-state index contributed by atoms with van der Waals surface area (Å²) in [7, 11) is 0. The lowest BCUT2D eigenvalue weighted by Crippen LogP contribution is -2.29. The predicted molar refractivity (Wildman–Crippen MR) is 85.5 cm³/mol. The van der Waals surface area contributed by atoms with Gasteiger partial charge in [0, 0.05) is 5.92 Å². The Morgan fingerprint density at radius 2 is 2.18 bits per heavy atom. The van der Waals surface area contributed by atoms with Crippen molar-refractivity contribution in [1.29, 1.82) is 5.26 Å². The highest BCUT2D eigenvalue weighted by atomic mass is 32.1. The van der Waals surface area contributed by atoms with Crippen molar-refractivity contribution in [2.24, 2.45) is 5.92 Å². The largest absolute Gasteiger partial charge is 0.447 e. The van der Waals surface area contributed by atoms with E-state index in [0.29, 0.717) is 0 Å². The van der Waals surface area contributed by atoms with E-state index in [9.17, 15) is 4.79 Å². The Kier molecular flexibility index (Phi) is 4.39. The number of rotatable bonds is 3. The number of fused-ring (bicyclic) bond motifs is 1. The van der Waals surface area contributed by atoms with E-state index in [0.717, 1.165) is 40.9 Å². The van der Waals surface area contributed by atoms with E-state index in [2.05, 4.69) is 6.07 Å². The Balaban J connectivity index is 1.86. The Morgan fingerprint density at radius 1 is 1.41 bits per heavy atom. The van der Waals surface area contributed by atoms with Gasteiger partial charge in [0.1, 0.15) is 6.07 Å². The second-order valence-corrected chi connectivity index (χ2v) is 6.79. The van der Waals surface area contributed by atoms with Gasteiger partial charge in [-0.25, -0.2) is 4.98 Å². The van der Waals surface area contributed by atoms with Gasteiger partial charge >= 0.3 is 5.97 Å². The van der Waals surface area contributed by atoms with Crippen molar-refractivity contribution in [2.45, 2.75) is 44.6 Å². The summed E-state index contributed by atoms with van der Waals surface area (Å²) < 4.78 is 6.39. The minimum atomic E-state index is -0.689. The molecule has 0 saturated heterocycles. The molecule has 0 aliphatic heterocycles. The molecule has 0 spiro atoms. The third-order valence-corrected chi connectivity index (χ3v) is 5.34. The third-order valence-electron chi connectivity index (χ3n) is 4.17. The number of hydrogen-bond acceptors (Lipinski definition) is 5. The monoisotopic (exact) mass is 314 g/mol. The van der Waals surface area contributed by atoms with Crippen molar-refractivity contribution in [3.63, 3.8) is 0 Å². The van der Waals surface area contributed by atoms with Crippen LogP contribution in [0.5, 0.6) is 0 Å². The van der Waals surface area contributed by atoms with Crippen molar-refractivity contribution >= 4 is 27.5 Å². The van der Waals surface area contributed by atoms with E-state index in [1.54, 1.807) is 18.3 Å². The van der Waals surface area contributed by atoms with Crippen LogP contribution in [0.15, 0.2) is 24.3 Å². The molecule has 1 fully saturated rings. The molecule has 0 radical (unpaired) electrons. The van der Waals surface area contributed by atoms with Crippen molar-refractivity contribution in [2.75, 3.05) is 0 Å². The minimum absolute atomic E-state index is 0.115. The number of carbonyl (C=O) groups is 1. The Hall–Kier alpha value is -1.93. The third kappa shape index (κ3) is 2.97. The van der Waals surface area contributed by atoms with Gasteiger partial charge in [-0.15, -0.1) is 11.3 Å². The quantitative estimate of drug-likeness (QED) is 0.803. The number of para-hydroxylation sites is 1. The standard InChI is InChI=1S/C17H18N2O2S/c1-11(10-18)21-17(20)13-7-3-2-6-12(13)16-19-14-8-4-5-9-15(14)22-16/h4-5,8-9,11-13H,2-3,6-7H2,1H3/t11-,12-,13-/m0/s1. The molecule has 22 heavy (non-hydrogen) atoms. The molecule has 1 heterocycles. The summed E-state index contributed by atoms with van der Waals surface area (Å²) in [6, 6.07) is 10.0. The lowest BCUT2D eigenvalue weighted by molar-refractivity contribution is -0.152. The van der Waals surface area contributed by atoms with Crippen LogP contribution < -0.4 is 0 Å². The fourth-order valence-electron chi connectivity index (χ4n) is 3.05. The molecule has 1 aliphatic rings. The summed E-state index contributed by atoms with van der Waals surface area (Å²) in [6.45, 7) is 1.60. The first-order valence-corrected chi connectivity index (χ1v) is 8.46.